The van der Waals surface area contributed by atoms with Gasteiger partial charge in [-0.15, -0.1) is 0 Å². The molecule has 2 rings (SSSR count). The van der Waals surface area contributed by atoms with E-state index in [-0.39, 0.29) is 12.8 Å². The van der Waals surface area contributed by atoms with Crippen molar-refractivity contribution in [1.82, 2.24) is 0 Å². The summed E-state index contributed by atoms with van der Waals surface area (Å²) >= 11 is 3.40. The molecule has 0 aliphatic carbocycles. The smallest absolute Gasteiger partial charge is 0.391 e. The Labute approximate surface area is 124 Å². The van der Waals surface area contributed by atoms with E-state index in [2.05, 4.69) is 15.9 Å². The molecule has 1 fully saturated rings. The second kappa shape index (κ2) is 5.71. The minimum Gasteiger partial charge on any atom is -0.495 e. The van der Waals surface area contributed by atoms with Crippen LogP contribution in [0.4, 0.5) is 24.5 Å². The van der Waals surface area contributed by atoms with Crippen molar-refractivity contribution in [2.75, 3.05) is 30.8 Å². The molecule has 20 heavy (non-hydrogen) atoms. The maximum Gasteiger partial charge on any atom is 0.391 e. The van der Waals surface area contributed by atoms with Gasteiger partial charge in [-0.25, -0.2) is 0 Å². The van der Waals surface area contributed by atoms with Crippen LogP contribution in [0.1, 0.15) is 12.8 Å². The molecule has 1 heterocycles. The highest BCUT2D eigenvalue weighted by Gasteiger charge is 2.41. The molecule has 1 aromatic carbocycles. The third-order valence-electron chi connectivity index (χ3n) is 3.60. The monoisotopic (exact) mass is 352 g/mol. The number of benzene rings is 1. The number of nitrogens with zero attached hydrogens (tertiary/aromatic N) is 1. The first-order valence-electron chi connectivity index (χ1n) is 6.27. The predicted molar refractivity (Wildman–Crippen MR) is 76.1 cm³/mol. The van der Waals surface area contributed by atoms with Crippen LogP contribution in [0.2, 0.25) is 0 Å². The van der Waals surface area contributed by atoms with Crippen molar-refractivity contribution in [2.45, 2.75) is 19.0 Å². The maximum absolute atomic E-state index is 12.7. The summed E-state index contributed by atoms with van der Waals surface area (Å²) in [6, 6.07) is 3.47. The van der Waals surface area contributed by atoms with Crippen LogP contribution in [-0.2, 0) is 0 Å². The van der Waals surface area contributed by atoms with Crippen LogP contribution in [0.25, 0.3) is 0 Å². The Balaban J connectivity index is 2.15. The van der Waals surface area contributed by atoms with Crippen molar-refractivity contribution < 1.29 is 17.9 Å². The molecule has 7 heteroatoms. The molecule has 0 bridgehead atoms. The molecule has 0 atom stereocenters. The number of piperidine rings is 1. The summed E-state index contributed by atoms with van der Waals surface area (Å²) in [5.74, 6) is -0.672. The second-order valence-corrected chi connectivity index (χ2v) is 5.70. The number of ether oxygens (including phenoxy) is 1. The lowest BCUT2D eigenvalue weighted by molar-refractivity contribution is -0.179. The first kappa shape index (κ1) is 15.3. The van der Waals surface area contributed by atoms with Gasteiger partial charge in [-0.3, -0.25) is 0 Å². The third-order valence-corrected chi connectivity index (χ3v) is 4.23. The highest BCUT2D eigenvalue weighted by atomic mass is 79.9. The fraction of sp³-hybridized carbons (Fsp3) is 0.538. The Kier molecular flexibility index (Phi) is 4.36. The van der Waals surface area contributed by atoms with Crippen molar-refractivity contribution in [3.05, 3.63) is 16.6 Å². The third kappa shape index (κ3) is 3.13. The Hall–Kier alpha value is -1.11. The number of nitrogens with two attached hydrogens (primary N) is 1. The standard InChI is InChI=1S/C13H16BrF3N2O/c1-20-12-7-11(9(14)6-10(12)18)19-4-2-8(3-5-19)13(15,16)17/h6-8H,2-5,18H2,1H3. The topological polar surface area (TPSA) is 38.5 Å². The summed E-state index contributed by atoms with van der Waals surface area (Å²) < 4.78 is 43.9. The van der Waals surface area contributed by atoms with E-state index < -0.39 is 12.1 Å². The van der Waals surface area contributed by atoms with Gasteiger partial charge in [0.1, 0.15) is 5.75 Å². The van der Waals surface area contributed by atoms with Crippen LogP contribution in [0.15, 0.2) is 16.6 Å². The molecule has 2 N–H and O–H groups in total. The lowest BCUT2D eigenvalue weighted by atomic mass is 9.96. The van der Waals surface area contributed by atoms with E-state index in [1.54, 1.807) is 12.1 Å². The van der Waals surface area contributed by atoms with Crippen LogP contribution in [0, 0.1) is 5.92 Å². The number of hydrogen-bond donors (Lipinski definition) is 1. The summed E-state index contributed by atoms with van der Waals surface area (Å²) in [5.41, 5.74) is 7.10. The number of halogens is 4. The van der Waals surface area contributed by atoms with Crippen LogP contribution >= 0.6 is 15.9 Å². The van der Waals surface area contributed by atoms with E-state index in [0.717, 1.165) is 10.2 Å². The van der Waals surface area contributed by atoms with Crippen molar-refractivity contribution in [3.63, 3.8) is 0 Å². The van der Waals surface area contributed by atoms with Crippen LogP contribution in [0.3, 0.4) is 0 Å². The highest BCUT2D eigenvalue weighted by molar-refractivity contribution is 9.10. The molecule has 3 nitrogen and oxygen atoms in total. The number of anilines is 2. The van der Waals surface area contributed by atoms with Gasteiger partial charge < -0.3 is 15.4 Å². The van der Waals surface area contributed by atoms with Gasteiger partial charge in [-0.2, -0.15) is 13.2 Å². The highest BCUT2D eigenvalue weighted by Crippen LogP contribution is 2.39. The van der Waals surface area contributed by atoms with Crippen molar-refractivity contribution in [2.24, 2.45) is 5.92 Å². The molecule has 1 aliphatic rings. The summed E-state index contributed by atoms with van der Waals surface area (Å²) in [5, 5.41) is 0. The molecule has 112 valence electrons. The molecule has 0 unspecified atom stereocenters. The Bertz CT molecular complexity index is 485. The lowest BCUT2D eigenvalue weighted by Crippen LogP contribution is -2.39. The molecule has 1 aliphatic heterocycles. The molecule has 0 radical (unpaired) electrons. The SMILES string of the molecule is COc1cc(N2CCC(C(F)(F)F)CC2)c(Br)cc1N. The van der Waals surface area contributed by atoms with Gasteiger partial charge in [0.15, 0.2) is 0 Å². The fourth-order valence-corrected chi connectivity index (χ4v) is 3.04. The molecule has 0 amide bonds. The largest absolute Gasteiger partial charge is 0.495 e. The van der Waals surface area contributed by atoms with Crippen LogP contribution < -0.4 is 15.4 Å². The molecule has 0 saturated carbocycles. The summed E-state index contributed by atoms with van der Waals surface area (Å²) in [7, 11) is 1.51. The summed E-state index contributed by atoms with van der Waals surface area (Å²) in [6.45, 7) is 0.742. The minimum absolute atomic E-state index is 0.114. The summed E-state index contributed by atoms with van der Waals surface area (Å²) in [4.78, 5) is 1.92. The van der Waals surface area contributed by atoms with E-state index >= 15 is 0 Å². The Morgan fingerprint density at radius 3 is 2.40 bits per heavy atom. The number of nitrogen functional groups attached to an aromatic ring is 1. The van der Waals surface area contributed by atoms with Crippen LogP contribution in [0.5, 0.6) is 5.75 Å². The van der Waals surface area contributed by atoms with E-state index in [1.807, 2.05) is 4.90 Å². The molecule has 1 aromatic rings. The normalized spacial score (nSPS) is 17.4. The van der Waals surface area contributed by atoms with E-state index in [9.17, 15) is 13.2 Å². The fourth-order valence-electron chi connectivity index (χ4n) is 2.42. The second-order valence-electron chi connectivity index (χ2n) is 4.85. The van der Waals surface area contributed by atoms with Gasteiger partial charge in [0.2, 0.25) is 0 Å². The zero-order chi connectivity index (χ0) is 14.9. The molecular weight excluding hydrogens is 337 g/mol. The zero-order valence-corrected chi connectivity index (χ0v) is 12.6. The minimum atomic E-state index is -4.10. The number of methoxy groups -OCH3 is 1. The molecular formula is C13H16BrF3N2O. The van der Waals surface area contributed by atoms with Gasteiger partial charge in [0, 0.05) is 23.6 Å². The van der Waals surface area contributed by atoms with Crippen molar-refractivity contribution in [3.8, 4) is 5.75 Å². The van der Waals surface area contributed by atoms with E-state index in [1.165, 1.54) is 7.11 Å². The average molecular weight is 353 g/mol. The Morgan fingerprint density at radius 2 is 1.90 bits per heavy atom. The van der Waals surface area contributed by atoms with Crippen molar-refractivity contribution >= 4 is 27.3 Å². The molecule has 0 spiro atoms. The molecule has 0 aromatic heterocycles. The number of hydrogen-bond acceptors (Lipinski definition) is 3. The van der Waals surface area contributed by atoms with Gasteiger partial charge in [0.25, 0.3) is 0 Å². The predicted octanol–water partition coefficient (Wildman–Crippen LogP) is 3.82. The van der Waals surface area contributed by atoms with Crippen LogP contribution in [-0.4, -0.2) is 26.4 Å². The zero-order valence-electron chi connectivity index (χ0n) is 11.0. The van der Waals surface area contributed by atoms with Gasteiger partial charge >= 0.3 is 6.18 Å². The maximum atomic E-state index is 12.7. The van der Waals surface area contributed by atoms with Gasteiger partial charge in [0.05, 0.1) is 24.4 Å². The summed E-state index contributed by atoms with van der Waals surface area (Å²) in [6.07, 6.45) is -3.87. The first-order chi connectivity index (χ1) is 9.32. The van der Waals surface area contributed by atoms with E-state index in [0.29, 0.717) is 24.5 Å². The van der Waals surface area contributed by atoms with Gasteiger partial charge in [-0.1, -0.05) is 0 Å². The first-order valence-corrected chi connectivity index (χ1v) is 7.07. The van der Waals surface area contributed by atoms with Gasteiger partial charge in [-0.05, 0) is 34.8 Å². The number of rotatable bonds is 2. The lowest BCUT2D eigenvalue weighted by Gasteiger charge is -2.35. The van der Waals surface area contributed by atoms with E-state index in [4.69, 9.17) is 10.5 Å². The van der Waals surface area contributed by atoms with Crippen molar-refractivity contribution in [1.29, 1.82) is 0 Å². The Morgan fingerprint density at radius 1 is 1.30 bits per heavy atom. The number of alkyl halides is 3. The quantitative estimate of drug-likeness (QED) is 0.822. The molecule has 1 saturated heterocycles. The average Bonchev–Trinajstić information content (AvgIpc) is 2.38.